The molecule has 146 valence electrons. The van der Waals surface area contributed by atoms with Gasteiger partial charge >= 0.3 is 5.97 Å². The second kappa shape index (κ2) is 8.47. The van der Waals surface area contributed by atoms with E-state index >= 15 is 0 Å². The van der Waals surface area contributed by atoms with E-state index in [2.05, 4.69) is 20.0 Å². The number of nitrogens with one attached hydrogen (secondary N) is 2. The first-order valence-electron chi connectivity index (χ1n) is 8.73. The number of aromatic nitrogens is 2. The Balaban J connectivity index is 1.54. The number of nitrogens with two attached hydrogens (primary N) is 1. The van der Waals surface area contributed by atoms with E-state index in [0.717, 1.165) is 11.1 Å². The molecule has 1 aliphatic rings. The maximum absolute atomic E-state index is 11.9. The highest BCUT2D eigenvalue weighted by Gasteiger charge is 2.34. The number of ether oxygens (including phenoxy) is 2. The molecule has 4 N–H and O–H groups in total. The smallest absolute Gasteiger partial charge is 0.306 e. The summed E-state index contributed by atoms with van der Waals surface area (Å²) in [6.07, 6.45) is 3.83. The fraction of sp³-hybridized carbons (Fsp3) is 0.316. The summed E-state index contributed by atoms with van der Waals surface area (Å²) in [6.45, 7) is 0.319. The minimum atomic E-state index is -0.391. The molecule has 0 radical (unpaired) electrons. The number of hydrogen-bond acceptors (Lipinski definition) is 7. The molecule has 1 saturated heterocycles. The first-order valence-corrected chi connectivity index (χ1v) is 8.73. The van der Waals surface area contributed by atoms with Crippen molar-refractivity contribution in [2.24, 2.45) is 11.7 Å². The molecule has 1 aromatic carbocycles. The monoisotopic (exact) mass is 383 g/mol. The van der Waals surface area contributed by atoms with Crippen LogP contribution in [0.4, 0.5) is 0 Å². The van der Waals surface area contributed by atoms with E-state index in [9.17, 15) is 9.59 Å². The molecule has 1 amide bonds. The Morgan fingerprint density at radius 3 is 2.54 bits per heavy atom. The summed E-state index contributed by atoms with van der Waals surface area (Å²) in [5.41, 5.74) is 7.04. The topological polar surface area (TPSA) is 140 Å². The van der Waals surface area contributed by atoms with Crippen molar-refractivity contribution in [1.29, 1.82) is 5.41 Å². The summed E-state index contributed by atoms with van der Waals surface area (Å²) < 4.78 is 10.4. The van der Waals surface area contributed by atoms with Crippen molar-refractivity contribution in [3.63, 3.8) is 0 Å². The Bertz CT molecular complexity index is 867. The van der Waals surface area contributed by atoms with Crippen LogP contribution in [0.15, 0.2) is 36.7 Å². The minimum Gasteiger partial charge on any atom is -0.491 e. The van der Waals surface area contributed by atoms with E-state index in [1.165, 1.54) is 7.11 Å². The predicted molar refractivity (Wildman–Crippen MR) is 101 cm³/mol. The van der Waals surface area contributed by atoms with Gasteiger partial charge < -0.3 is 20.5 Å². The highest BCUT2D eigenvalue weighted by molar-refractivity contribution is 5.91. The molecular formula is C19H21N5O4. The quantitative estimate of drug-likeness (QED) is 0.366. The third-order valence-corrected chi connectivity index (χ3v) is 4.46. The molecule has 9 nitrogen and oxygen atoms in total. The lowest BCUT2D eigenvalue weighted by Gasteiger charge is -2.12. The van der Waals surface area contributed by atoms with Gasteiger partial charge in [-0.05, 0) is 24.1 Å². The van der Waals surface area contributed by atoms with Gasteiger partial charge in [-0.3, -0.25) is 15.0 Å². The molecule has 0 spiro atoms. The second-order valence-corrected chi connectivity index (χ2v) is 6.46. The van der Waals surface area contributed by atoms with Crippen LogP contribution in [0.2, 0.25) is 0 Å². The van der Waals surface area contributed by atoms with Gasteiger partial charge in [-0.1, -0.05) is 12.1 Å². The Morgan fingerprint density at radius 1 is 1.25 bits per heavy atom. The number of carbonyl (C=O) groups is 2. The summed E-state index contributed by atoms with van der Waals surface area (Å²) >= 11 is 0. The molecule has 1 aliphatic heterocycles. The number of esters is 1. The standard InChI is InChI=1S/C19H21N5O4/c1-27-16(25)7-12-6-14(24-19(12)26)10-28-15-4-2-11(3-5-15)13-8-22-18(17(20)21)23-9-13/h2-5,8-9,12,14H,6-7,10H2,1H3,(H3,20,21)(H,24,26)/t12-,14-/m0/s1. The number of hydrogen-bond donors (Lipinski definition) is 3. The van der Waals surface area contributed by atoms with Crippen molar-refractivity contribution in [2.75, 3.05) is 13.7 Å². The molecule has 0 bridgehead atoms. The zero-order valence-electron chi connectivity index (χ0n) is 15.3. The van der Waals surface area contributed by atoms with Gasteiger partial charge in [0.1, 0.15) is 12.4 Å². The summed E-state index contributed by atoms with van der Waals surface area (Å²) in [6, 6.07) is 7.23. The molecule has 0 aliphatic carbocycles. The molecular weight excluding hydrogens is 362 g/mol. The van der Waals surface area contributed by atoms with Crippen molar-refractivity contribution >= 4 is 17.7 Å². The molecule has 3 rings (SSSR count). The third-order valence-electron chi connectivity index (χ3n) is 4.46. The SMILES string of the molecule is COC(=O)C[C@@H]1C[C@@H](COc2ccc(-c3cnc(C(=N)N)nc3)cc2)NC1=O. The normalized spacial score (nSPS) is 18.4. The number of carbonyl (C=O) groups excluding carboxylic acids is 2. The van der Waals surface area contributed by atoms with E-state index in [-0.39, 0.29) is 35.9 Å². The summed E-state index contributed by atoms with van der Waals surface area (Å²) in [7, 11) is 1.31. The van der Waals surface area contributed by atoms with Crippen LogP contribution >= 0.6 is 0 Å². The van der Waals surface area contributed by atoms with Crippen LogP contribution in [-0.4, -0.2) is 47.4 Å². The van der Waals surface area contributed by atoms with E-state index < -0.39 is 5.97 Å². The lowest BCUT2D eigenvalue weighted by Crippen LogP contribution is -2.31. The van der Waals surface area contributed by atoms with Crippen LogP contribution in [0.25, 0.3) is 11.1 Å². The van der Waals surface area contributed by atoms with E-state index in [1.54, 1.807) is 12.4 Å². The van der Waals surface area contributed by atoms with Gasteiger partial charge in [0.25, 0.3) is 0 Å². The van der Waals surface area contributed by atoms with Gasteiger partial charge in [-0.25, -0.2) is 9.97 Å². The highest BCUT2D eigenvalue weighted by atomic mass is 16.5. The molecule has 0 unspecified atom stereocenters. The maximum Gasteiger partial charge on any atom is 0.306 e. The van der Waals surface area contributed by atoms with Crippen molar-refractivity contribution in [3.05, 3.63) is 42.5 Å². The average Bonchev–Trinajstić information content (AvgIpc) is 3.06. The molecule has 1 fully saturated rings. The highest BCUT2D eigenvalue weighted by Crippen LogP contribution is 2.23. The van der Waals surface area contributed by atoms with Gasteiger partial charge in [0, 0.05) is 18.0 Å². The Kier molecular flexibility index (Phi) is 5.83. The molecule has 1 aromatic heterocycles. The summed E-state index contributed by atoms with van der Waals surface area (Å²) in [5, 5.41) is 10.2. The van der Waals surface area contributed by atoms with Gasteiger partial charge in [-0.2, -0.15) is 0 Å². The fourth-order valence-corrected chi connectivity index (χ4v) is 2.96. The summed E-state index contributed by atoms with van der Waals surface area (Å²) in [4.78, 5) is 31.3. The lowest BCUT2D eigenvalue weighted by molar-refractivity contribution is -0.143. The molecule has 2 atom stereocenters. The number of methoxy groups -OCH3 is 1. The average molecular weight is 383 g/mol. The van der Waals surface area contributed by atoms with Gasteiger partial charge in [0.05, 0.1) is 25.5 Å². The van der Waals surface area contributed by atoms with Crippen LogP contribution in [0.1, 0.15) is 18.7 Å². The maximum atomic E-state index is 11.9. The first kappa shape index (κ1) is 19.3. The number of amides is 1. The fourth-order valence-electron chi connectivity index (χ4n) is 2.96. The van der Waals surface area contributed by atoms with E-state index in [1.807, 2.05) is 24.3 Å². The zero-order valence-corrected chi connectivity index (χ0v) is 15.3. The van der Waals surface area contributed by atoms with Gasteiger partial charge in [0.15, 0.2) is 11.7 Å². The van der Waals surface area contributed by atoms with Crippen LogP contribution in [0.3, 0.4) is 0 Å². The number of benzene rings is 1. The van der Waals surface area contributed by atoms with Crippen LogP contribution < -0.4 is 15.8 Å². The number of rotatable bonds is 7. The number of nitrogens with zero attached hydrogens (tertiary/aromatic N) is 2. The minimum absolute atomic E-state index is 0.0814. The van der Waals surface area contributed by atoms with Crippen LogP contribution in [0, 0.1) is 11.3 Å². The molecule has 9 heteroatoms. The van der Waals surface area contributed by atoms with Crippen LogP contribution in [0.5, 0.6) is 5.75 Å². The molecule has 2 heterocycles. The van der Waals surface area contributed by atoms with Crippen molar-refractivity contribution in [3.8, 4) is 16.9 Å². The van der Waals surface area contributed by atoms with Gasteiger partial charge in [0.2, 0.25) is 5.91 Å². The third kappa shape index (κ3) is 4.61. The van der Waals surface area contributed by atoms with Crippen molar-refractivity contribution in [2.45, 2.75) is 18.9 Å². The first-order chi connectivity index (χ1) is 13.5. The molecule has 0 saturated carbocycles. The van der Waals surface area contributed by atoms with Crippen LogP contribution in [-0.2, 0) is 14.3 Å². The van der Waals surface area contributed by atoms with Gasteiger partial charge in [-0.15, -0.1) is 0 Å². The number of amidine groups is 1. The van der Waals surface area contributed by atoms with Crippen molar-refractivity contribution in [1.82, 2.24) is 15.3 Å². The lowest BCUT2D eigenvalue weighted by atomic mass is 10.0. The molecule has 2 aromatic rings. The van der Waals surface area contributed by atoms with E-state index in [4.69, 9.17) is 15.9 Å². The predicted octanol–water partition coefficient (Wildman–Crippen LogP) is 0.874. The number of nitrogen functional groups attached to an aromatic ring is 1. The Labute approximate surface area is 161 Å². The van der Waals surface area contributed by atoms with Crippen molar-refractivity contribution < 1.29 is 19.1 Å². The Hall–Kier alpha value is -3.49. The summed E-state index contributed by atoms with van der Waals surface area (Å²) in [5.74, 6) is -0.242. The second-order valence-electron chi connectivity index (χ2n) is 6.46. The largest absolute Gasteiger partial charge is 0.491 e. The molecule has 28 heavy (non-hydrogen) atoms. The van der Waals surface area contributed by atoms with E-state index in [0.29, 0.717) is 18.8 Å². The Morgan fingerprint density at radius 2 is 1.93 bits per heavy atom. The zero-order chi connectivity index (χ0) is 20.1.